The Morgan fingerprint density at radius 2 is 1.90 bits per heavy atom. The molecule has 1 atom stereocenters. The number of nitrogens with zero attached hydrogens (tertiary/aromatic N) is 2. The van der Waals surface area contributed by atoms with Crippen LogP contribution in [-0.2, 0) is 4.74 Å². The van der Waals surface area contributed by atoms with Crippen LogP contribution in [-0.4, -0.2) is 60.8 Å². The van der Waals surface area contributed by atoms with Gasteiger partial charge in [-0.3, -0.25) is 4.90 Å². The van der Waals surface area contributed by atoms with Crippen LogP contribution >= 0.6 is 15.9 Å². The van der Waals surface area contributed by atoms with Gasteiger partial charge in [-0.1, -0.05) is 28.1 Å². The standard InChI is InChI=1S/C14H19BrN2O3/c1-20-14(19)17-8-6-16(7-9-17)10-13(18)11-2-4-12(15)5-3-11/h2-5,13,18H,6-10H2,1H3/t13-/m1/s1. The SMILES string of the molecule is COC(=O)N1CCN(C[C@@H](O)c2ccc(Br)cc2)CC1. The topological polar surface area (TPSA) is 53.0 Å². The fraction of sp³-hybridized carbons (Fsp3) is 0.500. The molecule has 5 nitrogen and oxygen atoms in total. The first-order valence-corrected chi connectivity index (χ1v) is 7.38. The van der Waals surface area contributed by atoms with Gasteiger partial charge in [0.15, 0.2) is 0 Å². The fourth-order valence-electron chi connectivity index (χ4n) is 2.28. The Kier molecular flexibility index (Phi) is 5.39. The third-order valence-electron chi connectivity index (χ3n) is 3.49. The van der Waals surface area contributed by atoms with Gasteiger partial charge in [-0.05, 0) is 17.7 Å². The van der Waals surface area contributed by atoms with Crippen molar-refractivity contribution in [3.63, 3.8) is 0 Å². The molecule has 0 saturated carbocycles. The number of carbonyl (C=O) groups excluding carboxylic acids is 1. The van der Waals surface area contributed by atoms with Crippen molar-refractivity contribution in [2.75, 3.05) is 39.8 Å². The zero-order valence-corrected chi connectivity index (χ0v) is 13.0. The van der Waals surface area contributed by atoms with Gasteiger partial charge < -0.3 is 14.7 Å². The average molecular weight is 343 g/mol. The van der Waals surface area contributed by atoms with Crippen molar-refractivity contribution in [2.24, 2.45) is 0 Å². The predicted octanol–water partition coefficient (Wildman–Crippen LogP) is 1.87. The lowest BCUT2D eigenvalue weighted by molar-refractivity contribution is 0.0635. The van der Waals surface area contributed by atoms with Gasteiger partial charge in [0.05, 0.1) is 13.2 Å². The normalized spacial score (nSPS) is 17.9. The van der Waals surface area contributed by atoms with Crippen LogP contribution in [0.1, 0.15) is 11.7 Å². The highest BCUT2D eigenvalue weighted by Crippen LogP contribution is 2.18. The highest BCUT2D eigenvalue weighted by atomic mass is 79.9. The van der Waals surface area contributed by atoms with Crippen LogP contribution in [0.5, 0.6) is 0 Å². The minimum absolute atomic E-state index is 0.280. The van der Waals surface area contributed by atoms with Crippen molar-refractivity contribution >= 4 is 22.0 Å². The van der Waals surface area contributed by atoms with Crippen LogP contribution in [0.3, 0.4) is 0 Å². The maximum Gasteiger partial charge on any atom is 0.409 e. The lowest BCUT2D eigenvalue weighted by Gasteiger charge is -2.34. The number of carbonyl (C=O) groups is 1. The Labute approximate surface area is 127 Å². The second-order valence-corrected chi connectivity index (χ2v) is 5.74. The van der Waals surface area contributed by atoms with E-state index < -0.39 is 6.10 Å². The Hall–Kier alpha value is -1.11. The van der Waals surface area contributed by atoms with Crippen LogP contribution < -0.4 is 0 Å². The van der Waals surface area contributed by atoms with Crippen molar-refractivity contribution in [1.29, 1.82) is 0 Å². The number of halogens is 1. The second-order valence-electron chi connectivity index (χ2n) is 4.83. The Balaban J connectivity index is 1.83. The number of aliphatic hydroxyl groups excluding tert-OH is 1. The number of aliphatic hydroxyl groups is 1. The van der Waals surface area contributed by atoms with Gasteiger partial charge in [-0.25, -0.2) is 4.79 Å². The van der Waals surface area contributed by atoms with Crippen LogP contribution in [0.2, 0.25) is 0 Å². The number of piperazine rings is 1. The number of hydrogen-bond acceptors (Lipinski definition) is 4. The summed E-state index contributed by atoms with van der Waals surface area (Å²) < 4.78 is 5.70. The molecular weight excluding hydrogens is 324 g/mol. The predicted molar refractivity (Wildman–Crippen MR) is 79.5 cm³/mol. The number of amides is 1. The lowest BCUT2D eigenvalue weighted by Crippen LogP contribution is -2.49. The Morgan fingerprint density at radius 1 is 1.30 bits per heavy atom. The molecule has 0 bridgehead atoms. The summed E-state index contributed by atoms with van der Waals surface area (Å²) in [6.07, 6.45) is -0.786. The van der Waals surface area contributed by atoms with E-state index in [4.69, 9.17) is 4.74 Å². The molecule has 1 saturated heterocycles. The fourth-order valence-corrected chi connectivity index (χ4v) is 2.54. The molecule has 6 heteroatoms. The van der Waals surface area contributed by atoms with Gasteiger partial charge in [-0.2, -0.15) is 0 Å². The molecule has 1 fully saturated rings. The third kappa shape index (κ3) is 3.94. The van der Waals surface area contributed by atoms with E-state index in [2.05, 4.69) is 20.8 Å². The van der Waals surface area contributed by atoms with E-state index in [0.717, 1.165) is 23.1 Å². The molecule has 20 heavy (non-hydrogen) atoms. The quantitative estimate of drug-likeness (QED) is 0.910. The third-order valence-corrected chi connectivity index (χ3v) is 4.02. The first kappa shape index (κ1) is 15.3. The molecule has 0 spiro atoms. The monoisotopic (exact) mass is 342 g/mol. The highest BCUT2D eigenvalue weighted by Gasteiger charge is 2.23. The van der Waals surface area contributed by atoms with E-state index in [1.165, 1.54) is 7.11 Å². The summed E-state index contributed by atoms with van der Waals surface area (Å²) in [5.41, 5.74) is 0.906. The van der Waals surface area contributed by atoms with E-state index in [0.29, 0.717) is 19.6 Å². The van der Waals surface area contributed by atoms with E-state index in [1.54, 1.807) is 4.90 Å². The van der Waals surface area contributed by atoms with Gasteiger partial charge in [0.2, 0.25) is 0 Å². The molecule has 1 heterocycles. The number of benzene rings is 1. The van der Waals surface area contributed by atoms with E-state index in [-0.39, 0.29) is 6.09 Å². The molecular formula is C14H19BrN2O3. The number of rotatable bonds is 3. The maximum atomic E-state index is 11.4. The molecule has 1 N–H and O–H groups in total. The molecule has 0 radical (unpaired) electrons. The first-order valence-electron chi connectivity index (χ1n) is 6.59. The molecule has 0 unspecified atom stereocenters. The van der Waals surface area contributed by atoms with Crippen molar-refractivity contribution < 1.29 is 14.6 Å². The first-order chi connectivity index (χ1) is 9.60. The average Bonchev–Trinajstić information content (AvgIpc) is 2.48. The molecule has 1 aromatic rings. The lowest BCUT2D eigenvalue weighted by atomic mass is 10.1. The van der Waals surface area contributed by atoms with Gasteiger partial charge in [-0.15, -0.1) is 0 Å². The van der Waals surface area contributed by atoms with Crippen LogP contribution in [0.15, 0.2) is 28.7 Å². The molecule has 1 aromatic carbocycles. The van der Waals surface area contributed by atoms with Gasteiger partial charge in [0.25, 0.3) is 0 Å². The van der Waals surface area contributed by atoms with Gasteiger partial charge >= 0.3 is 6.09 Å². The summed E-state index contributed by atoms with van der Waals surface area (Å²) in [5, 5.41) is 10.2. The zero-order valence-electron chi connectivity index (χ0n) is 11.5. The summed E-state index contributed by atoms with van der Waals surface area (Å²) in [6.45, 7) is 3.36. The molecule has 0 aliphatic carbocycles. The number of β-amino-alcohol motifs (C(OH)–C–C–N with tert-alkyl or cyclic N) is 1. The number of methoxy groups -OCH3 is 1. The zero-order chi connectivity index (χ0) is 14.5. The van der Waals surface area contributed by atoms with E-state index in [1.807, 2.05) is 24.3 Å². The number of hydrogen-bond donors (Lipinski definition) is 1. The molecule has 0 aromatic heterocycles. The van der Waals surface area contributed by atoms with Crippen LogP contribution in [0.25, 0.3) is 0 Å². The minimum Gasteiger partial charge on any atom is -0.453 e. The van der Waals surface area contributed by atoms with Crippen molar-refractivity contribution in [3.05, 3.63) is 34.3 Å². The van der Waals surface area contributed by atoms with Crippen LogP contribution in [0.4, 0.5) is 4.79 Å². The summed E-state index contributed by atoms with van der Waals surface area (Å²) >= 11 is 3.38. The molecule has 1 amide bonds. The smallest absolute Gasteiger partial charge is 0.409 e. The minimum atomic E-state index is -0.507. The highest BCUT2D eigenvalue weighted by molar-refractivity contribution is 9.10. The van der Waals surface area contributed by atoms with Gasteiger partial charge in [0, 0.05) is 37.2 Å². The van der Waals surface area contributed by atoms with Crippen LogP contribution in [0, 0.1) is 0 Å². The Bertz CT molecular complexity index is 444. The van der Waals surface area contributed by atoms with Crippen molar-refractivity contribution in [3.8, 4) is 0 Å². The van der Waals surface area contributed by atoms with Gasteiger partial charge in [0.1, 0.15) is 0 Å². The summed E-state index contributed by atoms with van der Waals surface area (Å²) in [5.74, 6) is 0. The molecule has 2 rings (SSSR count). The second kappa shape index (κ2) is 7.06. The Morgan fingerprint density at radius 3 is 2.45 bits per heavy atom. The summed E-state index contributed by atoms with van der Waals surface area (Å²) in [7, 11) is 1.39. The van der Waals surface area contributed by atoms with Crippen molar-refractivity contribution in [1.82, 2.24) is 9.80 Å². The van der Waals surface area contributed by atoms with E-state index in [9.17, 15) is 9.90 Å². The van der Waals surface area contributed by atoms with Crippen molar-refractivity contribution in [2.45, 2.75) is 6.10 Å². The maximum absolute atomic E-state index is 11.4. The largest absolute Gasteiger partial charge is 0.453 e. The molecule has 110 valence electrons. The summed E-state index contributed by atoms with van der Waals surface area (Å²) in [6, 6.07) is 7.68. The molecule has 1 aliphatic heterocycles. The summed E-state index contributed by atoms with van der Waals surface area (Å²) in [4.78, 5) is 15.2. The number of ether oxygens (including phenoxy) is 1. The molecule has 1 aliphatic rings. The van der Waals surface area contributed by atoms with E-state index >= 15 is 0 Å².